The zero-order valence-electron chi connectivity index (χ0n) is 12.5. The summed E-state index contributed by atoms with van der Waals surface area (Å²) in [6.45, 7) is 2.37. The zero-order valence-corrected chi connectivity index (χ0v) is 12.5. The van der Waals surface area contributed by atoms with E-state index in [9.17, 15) is 5.11 Å². The van der Waals surface area contributed by atoms with Crippen LogP contribution in [0.1, 0.15) is 32.6 Å². The van der Waals surface area contributed by atoms with E-state index < -0.39 is 0 Å². The molecule has 0 radical (unpaired) electrons. The van der Waals surface area contributed by atoms with E-state index in [1.165, 1.54) is 0 Å². The molecule has 4 N–H and O–H groups in total. The summed E-state index contributed by atoms with van der Waals surface area (Å²) >= 11 is 0. The van der Waals surface area contributed by atoms with Gasteiger partial charge in [0.05, 0.1) is 18.5 Å². The van der Waals surface area contributed by atoms with E-state index in [0.29, 0.717) is 17.4 Å². The molecule has 0 aromatic carbocycles. The summed E-state index contributed by atoms with van der Waals surface area (Å²) in [5.41, 5.74) is 1.10. The molecule has 1 fully saturated rings. The zero-order chi connectivity index (χ0) is 14.9. The summed E-state index contributed by atoms with van der Waals surface area (Å²) < 4.78 is 0. The Morgan fingerprint density at radius 1 is 1.38 bits per heavy atom. The number of nitrogens with zero attached hydrogens (tertiary/aromatic N) is 3. The summed E-state index contributed by atoms with van der Waals surface area (Å²) in [4.78, 5) is 16.0. The van der Waals surface area contributed by atoms with E-state index in [0.717, 1.165) is 37.1 Å². The minimum atomic E-state index is -0.302. The van der Waals surface area contributed by atoms with Crippen molar-refractivity contribution in [2.75, 3.05) is 24.3 Å². The number of anilines is 2. The monoisotopic (exact) mass is 290 g/mol. The van der Waals surface area contributed by atoms with E-state index >= 15 is 0 Å². The SMILES string of the molecule is CNc1nc(NC2(CO)CCC(C)CC2)c2[nH]cnc2n1. The van der Waals surface area contributed by atoms with Crippen molar-refractivity contribution in [3.63, 3.8) is 0 Å². The van der Waals surface area contributed by atoms with Crippen molar-refractivity contribution in [1.29, 1.82) is 0 Å². The van der Waals surface area contributed by atoms with E-state index in [-0.39, 0.29) is 12.1 Å². The van der Waals surface area contributed by atoms with Gasteiger partial charge in [-0.2, -0.15) is 9.97 Å². The molecule has 3 rings (SSSR count). The van der Waals surface area contributed by atoms with Crippen molar-refractivity contribution in [2.24, 2.45) is 5.92 Å². The first-order valence-corrected chi connectivity index (χ1v) is 7.44. The Labute approximate surface area is 123 Å². The van der Waals surface area contributed by atoms with Crippen LogP contribution in [0.2, 0.25) is 0 Å². The molecule has 1 aliphatic carbocycles. The summed E-state index contributed by atoms with van der Waals surface area (Å²) in [5, 5.41) is 16.3. The maximum atomic E-state index is 9.89. The van der Waals surface area contributed by atoms with E-state index in [1.807, 2.05) is 0 Å². The van der Waals surface area contributed by atoms with Crippen LogP contribution in [0.15, 0.2) is 6.33 Å². The first-order chi connectivity index (χ1) is 10.2. The van der Waals surface area contributed by atoms with Gasteiger partial charge in [0, 0.05) is 7.05 Å². The lowest BCUT2D eigenvalue weighted by molar-refractivity contribution is 0.155. The Kier molecular flexibility index (Phi) is 3.67. The maximum Gasteiger partial charge on any atom is 0.226 e. The molecule has 0 saturated heterocycles. The number of hydrogen-bond donors (Lipinski definition) is 4. The quantitative estimate of drug-likeness (QED) is 0.684. The summed E-state index contributed by atoms with van der Waals surface area (Å²) in [7, 11) is 1.78. The topological polar surface area (TPSA) is 98.8 Å². The second-order valence-electron chi connectivity index (χ2n) is 5.99. The molecular formula is C14H22N6O. The molecule has 7 nitrogen and oxygen atoms in total. The third-order valence-electron chi connectivity index (χ3n) is 4.43. The molecule has 21 heavy (non-hydrogen) atoms. The molecule has 1 saturated carbocycles. The standard InChI is InChI=1S/C14H22N6O/c1-9-3-5-14(7-21,6-4-9)20-12-10-11(17-8-16-10)18-13(15-2)19-12/h8-9,21H,3-7H2,1-2H3,(H3,15,16,17,18,19,20). The van der Waals surface area contributed by atoms with E-state index in [2.05, 4.69) is 37.5 Å². The van der Waals surface area contributed by atoms with Crippen molar-refractivity contribution >= 4 is 22.9 Å². The number of fused-ring (bicyclic) bond motifs is 1. The van der Waals surface area contributed by atoms with Crippen LogP contribution in [0.4, 0.5) is 11.8 Å². The number of rotatable bonds is 4. The lowest BCUT2D eigenvalue weighted by Gasteiger charge is -2.39. The number of aromatic amines is 1. The number of aliphatic hydroxyl groups excluding tert-OH is 1. The van der Waals surface area contributed by atoms with Gasteiger partial charge in [-0.1, -0.05) is 6.92 Å². The second kappa shape index (κ2) is 5.48. The van der Waals surface area contributed by atoms with Gasteiger partial charge in [-0.3, -0.25) is 0 Å². The third kappa shape index (κ3) is 2.65. The van der Waals surface area contributed by atoms with Crippen molar-refractivity contribution in [2.45, 2.75) is 38.1 Å². The van der Waals surface area contributed by atoms with Crippen LogP contribution in [-0.4, -0.2) is 44.2 Å². The summed E-state index contributed by atoms with van der Waals surface area (Å²) in [6.07, 6.45) is 5.73. The van der Waals surface area contributed by atoms with Crippen LogP contribution in [0.3, 0.4) is 0 Å². The Balaban J connectivity index is 1.94. The third-order valence-corrected chi connectivity index (χ3v) is 4.43. The van der Waals surface area contributed by atoms with Crippen LogP contribution in [-0.2, 0) is 0 Å². The van der Waals surface area contributed by atoms with Gasteiger partial charge in [0.1, 0.15) is 5.52 Å². The predicted octanol–water partition coefficient (Wildman–Crippen LogP) is 1.75. The van der Waals surface area contributed by atoms with Gasteiger partial charge in [0.2, 0.25) is 5.95 Å². The first-order valence-electron chi connectivity index (χ1n) is 7.44. The Morgan fingerprint density at radius 2 is 2.14 bits per heavy atom. The van der Waals surface area contributed by atoms with Gasteiger partial charge >= 0.3 is 0 Å². The van der Waals surface area contributed by atoms with Crippen LogP contribution in [0.5, 0.6) is 0 Å². The number of H-pyrrole nitrogens is 1. The highest BCUT2D eigenvalue weighted by Gasteiger charge is 2.34. The molecule has 2 aromatic heterocycles. The molecule has 0 amide bonds. The Morgan fingerprint density at radius 3 is 2.81 bits per heavy atom. The average Bonchev–Trinajstić information content (AvgIpc) is 2.98. The van der Waals surface area contributed by atoms with Crippen LogP contribution in [0, 0.1) is 5.92 Å². The van der Waals surface area contributed by atoms with Crippen molar-refractivity contribution in [1.82, 2.24) is 19.9 Å². The molecule has 0 aliphatic heterocycles. The average molecular weight is 290 g/mol. The molecule has 2 aromatic rings. The van der Waals surface area contributed by atoms with E-state index in [4.69, 9.17) is 0 Å². The van der Waals surface area contributed by atoms with Gasteiger partial charge in [-0.05, 0) is 31.6 Å². The molecule has 114 valence electrons. The summed E-state index contributed by atoms with van der Waals surface area (Å²) in [5.74, 6) is 1.94. The molecule has 0 unspecified atom stereocenters. The molecule has 0 spiro atoms. The fourth-order valence-electron chi connectivity index (χ4n) is 2.92. The lowest BCUT2D eigenvalue weighted by atomic mass is 9.77. The van der Waals surface area contributed by atoms with E-state index in [1.54, 1.807) is 13.4 Å². The van der Waals surface area contributed by atoms with Crippen LogP contribution >= 0.6 is 0 Å². The molecule has 1 aliphatic rings. The maximum absolute atomic E-state index is 9.89. The number of imidazole rings is 1. The predicted molar refractivity (Wildman–Crippen MR) is 82.3 cm³/mol. The number of hydrogen-bond acceptors (Lipinski definition) is 6. The van der Waals surface area contributed by atoms with Crippen LogP contribution in [0.25, 0.3) is 11.2 Å². The van der Waals surface area contributed by atoms with Gasteiger partial charge in [-0.25, -0.2) is 4.98 Å². The molecule has 0 bridgehead atoms. The second-order valence-corrected chi connectivity index (χ2v) is 5.99. The normalized spacial score (nSPS) is 26.0. The highest BCUT2D eigenvalue weighted by atomic mass is 16.3. The highest BCUT2D eigenvalue weighted by Crippen LogP contribution is 2.35. The van der Waals surface area contributed by atoms with Gasteiger partial charge in [-0.15, -0.1) is 0 Å². The fraction of sp³-hybridized carbons (Fsp3) is 0.643. The van der Waals surface area contributed by atoms with Gasteiger partial charge in [0.15, 0.2) is 11.5 Å². The van der Waals surface area contributed by atoms with Crippen molar-refractivity contribution in [3.8, 4) is 0 Å². The number of aromatic nitrogens is 4. The summed E-state index contributed by atoms with van der Waals surface area (Å²) in [6, 6.07) is 0. The fourth-order valence-corrected chi connectivity index (χ4v) is 2.92. The van der Waals surface area contributed by atoms with Crippen molar-refractivity contribution in [3.05, 3.63) is 6.33 Å². The largest absolute Gasteiger partial charge is 0.394 e. The lowest BCUT2D eigenvalue weighted by Crippen LogP contribution is -2.45. The highest BCUT2D eigenvalue weighted by molar-refractivity contribution is 5.84. The Bertz CT molecular complexity index is 617. The molecule has 0 atom stereocenters. The number of nitrogens with one attached hydrogen (secondary N) is 3. The molecule has 7 heteroatoms. The van der Waals surface area contributed by atoms with Crippen LogP contribution < -0.4 is 10.6 Å². The first kappa shape index (κ1) is 14.1. The number of aliphatic hydroxyl groups is 1. The van der Waals surface area contributed by atoms with Crippen molar-refractivity contribution < 1.29 is 5.11 Å². The van der Waals surface area contributed by atoms with Gasteiger partial charge in [0.25, 0.3) is 0 Å². The smallest absolute Gasteiger partial charge is 0.226 e. The minimum absolute atomic E-state index is 0.105. The minimum Gasteiger partial charge on any atom is -0.394 e. The molecular weight excluding hydrogens is 268 g/mol. The Hall–Kier alpha value is -1.89. The molecule has 2 heterocycles. The van der Waals surface area contributed by atoms with Gasteiger partial charge < -0.3 is 20.7 Å².